The van der Waals surface area contributed by atoms with Gasteiger partial charge in [-0.25, -0.2) is 0 Å². The van der Waals surface area contributed by atoms with Crippen LogP contribution in [0.4, 0.5) is 0 Å². The van der Waals surface area contributed by atoms with Crippen molar-refractivity contribution in [3.63, 3.8) is 0 Å². The molecule has 1 N–H and O–H groups in total. The SMILES string of the molecule is CC(C)CN1CC(C2CC2)NCC1C(C)C. The van der Waals surface area contributed by atoms with E-state index in [4.69, 9.17) is 0 Å². The molecule has 0 amide bonds. The molecule has 0 radical (unpaired) electrons. The standard InChI is InChI=1S/C14H28N2/c1-10(2)8-16-9-13(12-5-6-12)15-7-14(16)11(3)4/h10-15H,5-9H2,1-4H3. The quantitative estimate of drug-likeness (QED) is 0.788. The first-order chi connectivity index (χ1) is 7.58. The van der Waals surface area contributed by atoms with E-state index in [9.17, 15) is 0 Å². The van der Waals surface area contributed by atoms with Crippen LogP contribution in [0.3, 0.4) is 0 Å². The first kappa shape index (κ1) is 12.4. The molecule has 2 nitrogen and oxygen atoms in total. The Kier molecular flexibility index (Phi) is 3.91. The second kappa shape index (κ2) is 5.05. The Labute approximate surface area is 101 Å². The van der Waals surface area contributed by atoms with Crippen LogP contribution >= 0.6 is 0 Å². The largest absolute Gasteiger partial charge is 0.311 e. The summed E-state index contributed by atoms with van der Waals surface area (Å²) in [6.07, 6.45) is 2.92. The maximum atomic E-state index is 3.77. The van der Waals surface area contributed by atoms with E-state index in [-0.39, 0.29) is 0 Å². The van der Waals surface area contributed by atoms with Crippen LogP contribution in [0.1, 0.15) is 40.5 Å². The fourth-order valence-electron chi connectivity index (χ4n) is 3.00. The fourth-order valence-corrected chi connectivity index (χ4v) is 3.00. The molecule has 2 aliphatic rings. The molecule has 1 saturated carbocycles. The van der Waals surface area contributed by atoms with E-state index in [0.29, 0.717) is 0 Å². The summed E-state index contributed by atoms with van der Waals surface area (Å²) in [5.74, 6) is 2.55. The first-order valence-electron chi connectivity index (χ1n) is 7.05. The Morgan fingerprint density at radius 3 is 2.38 bits per heavy atom. The summed E-state index contributed by atoms with van der Waals surface area (Å²) >= 11 is 0. The highest BCUT2D eigenvalue weighted by Gasteiger charge is 2.37. The van der Waals surface area contributed by atoms with Crippen molar-refractivity contribution in [3.8, 4) is 0 Å². The molecule has 16 heavy (non-hydrogen) atoms. The topological polar surface area (TPSA) is 15.3 Å². The second-order valence-electron chi connectivity index (χ2n) is 6.51. The Morgan fingerprint density at radius 1 is 1.19 bits per heavy atom. The summed E-state index contributed by atoms with van der Waals surface area (Å²) in [4.78, 5) is 2.74. The van der Waals surface area contributed by atoms with Gasteiger partial charge in [0.05, 0.1) is 0 Å². The minimum absolute atomic E-state index is 0.748. The van der Waals surface area contributed by atoms with Gasteiger partial charge in [0.2, 0.25) is 0 Å². The normalized spacial score (nSPS) is 32.6. The monoisotopic (exact) mass is 224 g/mol. The molecular formula is C14H28N2. The predicted octanol–water partition coefficient (Wildman–Crippen LogP) is 2.35. The van der Waals surface area contributed by atoms with Gasteiger partial charge < -0.3 is 5.32 Å². The third kappa shape index (κ3) is 2.98. The second-order valence-corrected chi connectivity index (χ2v) is 6.51. The number of rotatable bonds is 4. The Balaban J connectivity index is 1.94. The van der Waals surface area contributed by atoms with Crippen LogP contribution in [0, 0.1) is 17.8 Å². The molecule has 2 fully saturated rings. The first-order valence-corrected chi connectivity index (χ1v) is 7.05. The van der Waals surface area contributed by atoms with E-state index in [1.165, 1.54) is 32.5 Å². The summed E-state index contributed by atoms with van der Waals surface area (Å²) in [6.45, 7) is 13.1. The van der Waals surface area contributed by atoms with Gasteiger partial charge in [0.1, 0.15) is 0 Å². The lowest BCUT2D eigenvalue weighted by Gasteiger charge is -2.43. The highest BCUT2D eigenvalue weighted by atomic mass is 15.2. The van der Waals surface area contributed by atoms with Gasteiger partial charge in [-0.3, -0.25) is 4.90 Å². The van der Waals surface area contributed by atoms with E-state index < -0.39 is 0 Å². The third-order valence-electron chi connectivity index (χ3n) is 4.05. The van der Waals surface area contributed by atoms with E-state index in [1.54, 1.807) is 0 Å². The molecule has 0 aromatic heterocycles. The van der Waals surface area contributed by atoms with Crippen molar-refractivity contribution in [2.24, 2.45) is 17.8 Å². The molecule has 1 aliphatic carbocycles. The summed E-state index contributed by atoms with van der Waals surface area (Å²) in [7, 11) is 0. The summed E-state index contributed by atoms with van der Waals surface area (Å²) < 4.78 is 0. The van der Waals surface area contributed by atoms with Crippen LogP contribution in [0.5, 0.6) is 0 Å². The zero-order valence-electron chi connectivity index (χ0n) is 11.4. The summed E-state index contributed by atoms with van der Waals surface area (Å²) in [6, 6.07) is 1.53. The van der Waals surface area contributed by atoms with E-state index >= 15 is 0 Å². The van der Waals surface area contributed by atoms with Crippen molar-refractivity contribution in [1.29, 1.82) is 0 Å². The molecule has 0 bridgehead atoms. The van der Waals surface area contributed by atoms with Gasteiger partial charge >= 0.3 is 0 Å². The molecule has 1 heterocycles. The van der Waals surface area contributed by atoms with Crippen LogP contribution in [0.2, 0.25) is 0 Å². The van der Waals surface area contributed by atoms with Crippen molar-refractivity contribution in [2.45, 2.75) is 52.6 Å². The van der Waals surface area contributed by atoms with Crippen LogP contribution in [-0.4, -0.2) is 36.6 Å². The Hall–Kier alpha value is -0.0800. The predicted molar refractivity (Wildman–Crippen MR) is 69.6 cm³/mol. The van der Waals surface area contributed by atoms with Gasteiger partial charge in [0.25, 0.3) is 0 Å². The van der Waals surface area contributed by atoms with Gasteiger partial charge in [0.15, 0.2) is 0 Å². The molecule has 94 valence electrons. The van der Waals surface area contributed by atoms with Crippen molar-refractivity contribution in [1.82, 2.24) is 10.2 Å². The third-order valence-corrected chi connectivity index (χ3v) is 4.05. The van der Waals surface area contributed by atoms with Crippen LogP contribution in [-0.2, 0) is 0 Å². The molecule has 0 spiro atoms. The molecule has 2 unspecified atom stereocenters. The van der Waals surface area contributed by atoms with Crippen LogP contribution in [0.15, 0.2) is 0 Å². The van der Waals surface area contributed by atoms with Gasteiger partial charge in [0, 0.05) is 31.7 Å². The summed E-state index contributed by atoms with van der Waals surface area (Å²) in [5.41, 5.74) is 0. The fraction of sp³-hybridized carbons (Fsp3) is 1.00. The highest BCUT2D eigenvalue weighted by Crippen LogP contribution is 2.34. The number of piperazine rings is 1. The lowest BCUT2D eigenvalue weighted by atomic mass is 9.96. The van der Waals surface area contributed by atoms with Crippen molar-refractivity contribution in [2.75, 3.05) is 19.6 Å². The molecular weight excluding hydrogens is 196 g/mol. The zero-order chi connectivity index (χ0) is 11.7. The van der Waals surface area contributed by atoms with Gasteiger partial charge in [-0.1, -0.05) is 27.7 Å². The Bertz CT molecular complexity index is 221. The highest BCUT2D eigenvalue weighted by molar-refractivity contribution is 4.95. The molecule has 2 atom stereocenters. The Morgan fingerprint density at radius 2 is 1.88 bits per heavy atom. The average molecular weight is 224 g/mol. The van der Waals surface area contributed by atoms with Crippen molar-refractivity contribution < 1.29 is 0 Å². The smallest absolute Gasteiger partial charge is 0.0244 e. The van der Waals surface area contributed by atoms with Crippen molar-refractivity contribution in [3.05, 3.63) is 0 Å². The van der Waals surface area contributed by atoms with Gasteiger partial charge in [-0.15, -0.1) is 0 Å². The molecule has 0 aromatic rings. The minimum Gasteiger partial charge on any atom is -0.311 e. The lowest BCUT2D eigenvalue weighted by Crippen LogP contribution is -2.59. The summed E-state index contributed by atoms with van der Waals surface area (Å²) in [5, 5.41) is 3.77. The zero-order valence-corrected chi connectivity index (χ0v) is 11.4. The van der Waals surface area contributed by atoms with E-state index in [2.05, 4.69) is 37.9 Å². The van der Waals surface area contributed by atoms with Crippen molar-refractivity contribution >= 4 is 0 Å². The average Bonchev–Trinajstić information content (AvgIpc) is 2.99. The lowest BCUT2D eigenvalue weighted by molar-refractivity contribution is 0.0809. The molecule has 2 rings (SSSR count). The van der Waals surface area contributed by atoms with E-state index in [1.807, 2.05) is 0 Å². The van der Waals surface area contributed by atoms with Gasteiger partial charge in [-0.2, -0.15) is 0 Å². The molecule has 1 aliphatic heterocycles. The maximum Gasteiger partial charge on any atom is 0.0244 e. The molecule has 1 saturated heterocycles. The number of hydrogen-bond acceptors (Lipinski definition) is 2. The van der Waals surface area contributed by atoms with Crippen LogP contribution in [0.25, 0.3) is 0 Å². The minimum atomic E-state index is 0.748. The number of hydrogen-bond donors (Lipinski definition) is 1. The maximum absolute atomic E-state index is 3.77. The molecule has 0 aromatic carbocycles. The van der Waals surface area contributed by atoms with Crippen LogP contribution < -0.4 is 5.32 Å². The molecule has 2 heteroatoms. The number of nitrogens with zero attached hydrogens (tertiary/aromatic N) is 1. The van der Waals surface area contributed by atoms with E-state index in [0.717, 1.165) is 29.8 Å². The van der Waals surface area contributed by atoms with Gasteiger partial charge in [-0.05, 0) is 30.6 Å². The number of nitrogens with one attached hydrogen (secondary N) is 1.